The third kappa shape index (κ3) is 3.91. The molecule has 0 aromatic carbocycles. The quantitative estimate of drug-likeness (QED) is 0.655. The van der Waals surface area contributed by atoms with Crippen LogP contribution in [0, 0.1) is 0 Å². The van der Waals surface area contributed by atoms with Crippen molar-refractivity contribution in [2.24, 2.45) is 0 Å². The summed E-state index contributed by atoms with van der Waals surface area (Å²) in [5.74, 6) is 1.16. The molecule has 0 spiro atoms. The van der Waals surface area contributed by atoms with Crippen molar-refractivity contribution in [2.45, 2.75) is 25.3 Å². The largest absolute Gasteiger partial charge is 0.465 e. The van der Waals surface area contributed by atoms with Gasteiger partial charge in [-0.25, -0.2) is 0 Å². The Labute approximate surface area is 150 Å². The minimum absolute atomic E-state index is 0.130. The molecular weight excluding hydrogens is 334 g/mol. The van der Waals surface area contributed by atoms with Crippen LogP contribution in [0.5, 0.6) is 0 Å². The molecule has 1 fully saturated rings. The van der Waals surface area contributed by atoms with E-state index in [1.165, 1.54) is 24.6 Å². The molecular formula is C19H19N3O2S. The van der Waals surface area contributed by atoms with E-state index in [-0.39, 0.29) is 5.91 Å². The first-order valence-corrected chi connectivity index (χ1v) is 9.33. The Morgan fingerprint density at radius 1 is 1.44 bits per heavy atom. The Bertz CT molecular complexity index is 859. The van der Waals surface area contributed by atoms with Crippen molar-refractivity contribution in [1.29, 1.82) is 0 Å². The molecule has 0 unspecified atom stereocenters. The maximum Gasteiger partial charge on any atom is 0.244 e. The molecule has 0 aliphatic heterocycles. The van der Waals surface area contributed by atoms with Gasteiger partial charge in [0.2, 0.25) is 5.91 Å². The molecule has 0 atom stereocenters. The van der Waals surface area contributed by atoms with E-state index in [0.717, 1.165) is 11.3 Å². The van der Waals surface area contributed by atoms with E-state index >= 15 is 0 Å². The first-order valence-electron chi connectivity index (χ1n) is 8.39. The van der Waals surface area contributed by atoms with Crippen LogP contribution in [0.2, 0.25) is 0 Å². The molecule has 3 aromatic heterocycles. The van der Waals surface area contributed by atoms with Crippen LogP contribution in [-0.2, 0) is 11.3 Å². The SMILES string of the molecule is O=C(/C=C/c1ccco1)NCCn1nc(-c2ccsc2)cc1C1CC1. The van der Waals surface area contributed by atoms with Crippen LogP contribution in [-0.4, -0.2) is 22.2 Å². The Morgan fingerprint density at radius 2 is 2.36 bits per heavy atom. The summed E-state index contributed by atoms with van der Waals surface area (Å²) in [6.45, 7) is 1.22. The third-order valence-corrected chi connectivity index (χ3v) is 4.87. The van der Waals surface area contributed by atoms with Gasteiger partial charge in [0, 0.05) is 35.2 Å². The summed E-state index contributed by atoms with van der Waals surface area (Å²) in [5, 5.41) is 11.8. The lowest BCUT2D eigenvalue weighted by Crippen LogP contribution is -2.26. The van der Waals surface area contributed by atoms with Crippen LogP contribution in [0.25, 0.3) is 17.3 Å². The molecule has 1 aliphatic carbocycles. The summed E-state index contributed by atoms with van der Waals surface area (Å²) in [7, 11) is 0. The first kappa shape index (κ1) is 15.9. The van der Waals surface area contributed by atoms with Crippen molar-refractivity contribution >= 4 is 23.3 Å². The van der Waals surface area contributed by atoms with Crippen molar-refractivity contribution in [3.8, 4) is 11.3 Å². The van der Waals surface area contributed by atoms with Crippen LogP contribution in [0.3, 0.4) is 0 Å². The van der Waals surface area contributed by atoms with Gasteiger partial charge < -0.3 is 9.73 Å². The van der Waals surface area contributed by atoms with Crippen LogP contribution < -0.4 is 5.32 Å². The zero-order valence-corrected chi connectivity index (χ0v) is 14.5. The van der Waals surface area contributed by atoms with Gasteiger partial charge in [0.25, 0.3) is 0 Å². The average Bonchev–Trinajstić information content (AvgIpc) is 3.06. The smallest absolute Gasteiger partial charge is 0.244 e. The lowest BCUT2D eigenvalue weighted by molar-refractivity contribution is -0.116. The number of furan rings is 1. The predicted octanol–water partition coefficient (Wildman–Crippen LogP) is 3.91. The van der Waals surface area contributed by atoms with E-state index in [2.05, 4.69) is 28.2 Å². The van der Waals surface area contributed by atoms with E-state index < -0.39 is 0 Å². The van der Waals surface area contributed by atoms with E-state index in [0.29, 0.717) is 24.8 Å². The van der Waals surface area contributed by atoms with Gasteiger partial charge in [-0.05, 0) is 48.6 Å². The fourth-order valence-electron chi connectivity index (χ4n) is 2.76. The fourth-order valence-corrected chi connectivity index (χ4v) is 3.41. The highest BCUT2D eigenvalue weighted by Gasteiger charge is 2.28. The molecule has 1 N–H and O–H groups in total. The zero-order valence-electron chi connectivity index (χ0n) is 13.7. The Kier molecular flexibility index (Phi) is 4.52. The van der Waals surface area contributed by atoms with Gasteiger partial charge >= 0.3 is 0 Å². The molecule has 1 aliphatic rings. The number of carbonyl (C=O) groups excluding carboxylic acids is 1. The highest BCUT2D eigenvalue weighted by molar-refractivity contribution is 7.08. The van der Waals surface area contributed by atoms with Gasteiger partial charge in [0.1, 0.15) is 5.76 Å². The maximum absolute atomic E-state index is 11.9. The maximum atomic E-state index is 11.9. The molecule has 1 saturated carbocycles. The second-order valence-corrected chi connectivity index (χ2v) is 6.88. The van der Waals surface area contributed by atoms with E-state index in [4.69, 9.17) is 9.52 Å². The van der Waals surface area contributed by atoms with Crippen LogP contribution in [0.4, 0.5) is 0 Å². The van der Waals surface area contributed by atoms with Gasteiger partial charge in [-0.2, -0.15) is 16.4 Å². The summed E-state index contributed by atoms with van der Waals surface area (Å²) in [4.78, 5) is 11.9. The molecule has 25 heavy (non-hydrogen) atoms. The molecule has 6 heteroatoms. The molecule has 3 heterocycles. The number of nitrogens with one attached hydrogen (secondary N) is 1. The molecule has 3 aromatic rings. The predicted molar refractivity (Wildman–Crippen MR) is 98.3 cm³/mol. The minimum Gasteiger partial charge on any atom is -0.465 e. The standard InChI is InChI=1S/C19H19N3O2S/c23-19(6-5-16-2-1-10-24-16)20-8-9-22-18(14-3-4-14)12-17(21-22)15-7-11-25-13-15/h1-2,5-7,10-14H,3-4,8-9H2,(H,20,23)/b6-5+. The molecule has 0 radical (unpaired) electrons. The number of amides is 1. The third-order valence-electron chi connectivity index (χ3n) is 4.19. The number of thiophene rings is 1. The number of rotatable bonds is 7. The lowest BCUT2D eigenvalue weighted by Gasteiger charge is -2.07. The molecule has 4 rings (SSSR count). The summed E-state index contributed by atoms with van der Waals surface area (Å²) in [5.41, 5.74) is 3.46. The normalized spacial score (nSPS) is 14.2. The lowest BCUT2D eigenvalue weighted by atomic mass is 10.2. The summed E-state index contributed by atoms with van der Waals surface area (Å²) < 4.78 is 7.21. The van der Waals surface area contributed by atoms with Gasteiger partial charge in [0.15, 0.2) is 0 Å². The molecule has 0 bridgehead atoms. The number of carbonyl (C=O) groups is 1. The molecule has 0 saturated heterocycles. The Hall–Kier alpha value is -2.60. The second kappa shape index (κ2) is 7.11. The van der Waals surface area contributed by atoms with Crippen molar-refractivity contribution in [1.82, 2.24) is 15.1 Å². The monoisotopic (exact) mass is 353 g/mol. The highest BCUT2D eigenvalue weighted by Crippen LogP contribution is 2.41. The Balaban J connectivity index is 1.36. The van der Waals surface area contributed by atoms with Crippen molar-refractivity contribution in [3.63, 3.8) is 0 Å². The Morgan fingerprint density at radius 3 is 3.08 bits per heavy atom. The second-order valence-electron chi connectivity index (χ2n) is 6.10. The van der Waals surface area contributed by atoms with Crippen molar-refractivity contribution < 1.29 is 9.21 Å². The summed E-state index contributed by atoms with van der Waals surface area (Å²) >= 11 is 1.68. The summed E-state index contributed by atoms with van der Waals surface area (Å²) in [6, 6.07) is 7.88. The fraction of sp³-hybridized carbons (Fsp3) is 0.263. The van der Waals surface area contributed by atoms with Gasteiger partial charge in [-0.1, -0.05) is 0 Å². The van der Waals surface area contributed by atoms with Gasteiger partial charge in [0.05, 0.1) is 18.5 Å². The number of hydrogen-bond acceptors (Lipinski definition) is 4. The first-order chi connectivity index (χ1) is 12.3. The van der Waals surface area contributed by atoms with Crippen molar-refractivity contribution in [2.75, 3.05) is 6.54 Å². The van der Waals surface area contributed by atoms with E-state index in [9.17, 15) is 4.79 Å². The van der Waals surface area contributed by atoms with Crippen LogP contribution in [0.15, 0.2) is 51.8 Å². The molecule has 128 valence electrons. The van der Waals surface area contributed by atoms with Crippen molar-refractivity contribution in [3.05, 3.63) is 58.8 Å². The van der Waals surface area contributed by atoms with E-state index in [1.807, 2.05) is 4.68 Å². The number of aromatic nitrogens is 2. The average molecular weight is 353 g/mol. The number of nitrogens with zero attached hydrogens (tertiary/aromatic N) is 2. The summed E-state index contributed by atoms with van der Waals surface area (Å²) in [6.07, 6.45) is 7.19. The van der Waals surface area contributed by atoms with Gasteiger partial charge in [-0.15, -0.1) is 0 Å². The zero-order chi connectivity index (χ0) is 17.1. The van der Waals surface area contributed by atoms with Crippen LogP contribution in [0.1, 0.15) is 30.2 Å². The molecule has 5 nitrogen and oxygen atoms in total. The highest BCUT2D eigenvalue weighted by atomic mass is 32.1. The van der Waals surface area contributed by atoms with E-state index in [1.54, 1.807) is 35.8 Å². The molecule has 1 amide bonds. The topological polar surface area (TPSA) is 60.1 Å². The minimum atomic E-state index is -0.130. The van der Waals surface area contributed by atoms with Crippen LogP contribution >= 0.6 is 11.3 Å². The van der Waals surface area contributed by atoms with Gasteiger partial charge in [-0.3, -0.25) is 9.48 Å². The number of hydrogen-bond donors (Lipinski definition) is 1.